The van der Waals surface area contributed by atoms with Gasteiger partial charge in [0.2, 0.25) is 0 Å². The van der Waals surface area contributed by atoms with Crippen LogP contribution in [0.25, 0.3) is 0 Å². The van der Waals surface area contributed by atoms with Crippen LogP contribution in [0.1, 0.15) is 33.1 Å². The number of anilines is 1. The van der Waals surface area contributed by atoms with Gasteiger partial charge in [-0.05, 0) is 24.5 Å². The van der Waals surface area contributed by atoms with E-state index in [9.17, 15) is 0 Å². The molecule has 1 saturated heterocycles. The Bertz CT molecular complexity index is 470. The molecule has 0 unspecified atom stereocenters. The summed E-state index contributed by atoms with van der Waals surface area (Å²) in [5.41, 5.74) is 0. The summed E-state index contributed by atoms with van der Waals surface area (Å²) in [6, 6.07) is 6.09. The first kappa shape index (κ1) is 21.0. The molecular weight excluding hydrogens is 413 g/mol. The van der Waals surface area contributed by atoms with Crippen molar-refractivity contribution < 1.29 is 0 Å². The molecule has 1 N–H and O–H groups in total. The first-order valence-electron chi connectivity index (χ1n) is 8.82. The molecule has 2 heterocycles. The van der Waals surface area contributed by atoms with E-state index in [1.54, 1.807) is 0 Å². The highest BCUT2D eigenvalue weighted by atomic mass is 127. The highest BCUT2D eigenvalue weighted by Gasteiger charge is 2.19. The molecule has 0 spiro atoms. The number of hydrogen-bond donors (Lipinski definition) is 1. The molecule has 2 rings (SSSR count). The van der Waals surface area contributed by atoms with Gasteiger partial charge in [0, 0.05) is 46.0 Å². The van der Waals surface area contributed by atoms with Gasteiger partial charge in [0.1, 0.15) is 5.82 Å². The van der Waals surface area contributed by atoms with Gasteiger partial charge < -0.3 is 15.1 Å². The molecule has 5 nitrogen and oxygen atoms in total. The number of nitrogens with one attached hydrogen (secondary N) is 1. The van der Waals surface area contributed by atoms with Crippen LogP contribution in [-0.4, -0.2) is 55.6 Å². The van der Waals surface area contributed by atoms with Crippen LogP contribution >= 0.6 is 24.0 Å². The Labute approximate surface area is 163 Å². The maximum absolute atomic E-state index is 4.44. The molecule has 6 heteroatoms. The molecule has 0 amide bonds. The average molecular weight is 445 g/mol. The van der Waals surface area contributed by atoms with Crippen LogP contribution in [0.4, 0.5) is 5.82 Å². The van der Waals surface area contributed by atoms with E-state index >= 15 is 0 Å². The number of piperazine rings is 1. The average Bonchev–Trinajstić information content (AvgIpc) is 2.59. The minimum Gasteiger partial charge on any atom is -0.356 e. The molecule has 1 aliphatic rings. The van der Waals surface area contributed by atoms with Gasteiger partial charge in [-0.1, -0.05) is 32.8 Å². The fourth-order valence-electron chi connectivity index (χ4n) is 2.90. The molecular formula is C18H32IN5. The molecule has 0 bridgehead atoms. The van der Waals surface area contributed by atoms with Gasteiger partial charge in [0.15, 0.2) is 5.96 Å². The largest absolute Gasteiger partial charge is 0.356 e. The summed E-state index contributed by atoms with van der Waals surface area (Å²) in [7, 11) is 1.88. The summed E-state index contributed by atoms with van der Waals surface area (Å²) in [4.78, 5) is 13.6. The predicted octanol–water partition coefficient (Wildman–Crippen LogP) is 3.22. The first-order valence-corrected chi connectivity index (χ1v) is 8.82. The molecule has 1 aromatic heterocycles. The highest BCUT2D eigenvalue weighted by molar-refractivity contribution is 14.0. The first-order chi connectivity index (χ1) is 11.2. The van der Waals surface area contributed by atoms with E-state index in [4.69, 9.17) is 0 Å². The second kappa shape index (κ2) is 11.5. The van der Waals surface area contributed by atoms with Gasteiger partial charge in [-0.2, -0.15) is 0 Å². The molecule has 24 heavy (non-hydrogen) atoms. The van der Waals surface area contributed by atoms with Crippen LogP contribution in [-0.2, 0) is 0 Å². The third kappa shape index (κ3) is 6.83. The summed E-state index contributed by atoms with van der Waals surface area (Å²) in [5, 5.41) is 3.51. The van der Waals surface area contributed by atoms with Crippen molar-refractivity contribution in [1.29, 1.82) is 0 Å². The standard InChI is InChI=1S/C18H31N5.HI/c1-16(2)8-4-6-11-21-18(19-3)23-14-12-22(13-15-23)17-9-5-7-10-20-17;/h5,7,9-10,16H,4,6,8,11-15H2,1-3H3,(H,19,21);1H. The third-order valence-corrected chi connectivity index (χ3v) is 4.26. The topological polar surface area (TPSA) is 43.8 Å². The van der Waals surface area contributed by atoms with Gasteiger partial charge in [-0.15, -0.1) is 24.0 Å². The molecule has 0 atom stereocenters. The Kier molecular flexibility index (Phi) is 10.1. The van der Waals surface area contributed by atoms with E-state index in [2.05, 4.69) is 45.0 Å². The van der Waals surface area contributed by atoms with Crippen LogP contribution < -0.4 is 10.2 Å². The number of pyridine rings is 1. The normalized spacial score (nSPS) is 15.4. The van der Waals surface area contributed by atoms with E-state index in [1.165, 1.54) is 19.3 Å². The number of rotatable bonds is 6. The Morgan fingerprint density at radius 2 is 1.96 bits per heavy atom. The third-order valence-electron chi connectivity index (χ3n) is 4.26. The molecule has 0 saturated carbocycles. The summed E-state index contributed by atoms with van der Waals surface area (Å²) in [6.45, 7) is 9.54. The van der Waals surface area contributed by atoms with Crippen LogP contribution in [0.15, 0.2) is 29.4 Å². The van der Waals surface area contributed by atoms with E-state index in [0.29, 0.717) is 0 Å². The Hall–Kier alpha value is -1.05. The summed E-state index contributed by atoms with van der Waals surface area (Å²) >= 11 is 0. The number of unbranched alkanes of at least 4 members (excludes halogenated alkanes) is 1. The number of aliphatic imine (C=N–C) groups is 1. The van der Waals surface area contributed by atoms with Crippen molar-refractivity contribution in [3.63, 3.8) is 0 Å². The Morgan fingerprint density at radius 1 is 1.21 bits per heavy atom. The van der Waals surface area contributed by atoms with Crippen LogP contribution in [0, 0.1) is 5.92 Å². The summed E-state index contributed by atoms with van der Waals surface area (Å²) < 4.78 is 0. The Balaban J connectivity index is 0.00000288. The zero-order valence-corrected chi connectivity index (χ0v) is 17.6. The van der Waals surface area contributed by atoms with Crippen molar-refractivity contribution in [2.24, 2.45) is 10.9 Å². The number of halogens is 1. The van der Waals surface area contributed by atoms with Crippen molar-refractivity contribution in [2.45, 2.75) is 33.1 Å². The minimum absolute atomic E-state index is 0. The Morgan fingerprint density at radius 3 is 2.54 bits per heavy atom. The lowest BCUT2D eigenvalue weighted by Gasteiger charge is -2.37. The number of nitrogens with zero attached hydrogens (tertiary/aromatic N) is 4. The lowest BCUT2D eigenvalue weighted by molar-refractivity contribution is 0.370. The SMILES string of the molecule is CN=C(NCCCCC(C)C)N1CCN(c2ccccn2)CC1.I. The van der Waals surface area contributed by atoms with Crippen LogP contribution in [0.2, 0.25) is 0 Å². The number of guanidine groups is 1. The monoisotopic (exact) mass is 445 g/mol. The second-order valence-electron chi connectivity index (χ2n) is 6.53. The van der Waals surface area contributed by atoms with E-state index in [-0.39, 0.29) is 24.0 Å². The van der Waals surface area contributed by atoms with Crippen LogP contribution in [0.3, 0.4) is 0 Å². The summed E-state index contributed by atoms with van der Waals surface area (Å²) in [6.07, 6.45) is 5.67. The minimum atomic E-state index is 0. The van der Waals surface area contributed by atoms with Gasteiger partial charge in [0.25, 0.3) is 0 Å². The lowest BCUT2D eigenvalue weighted by atomic mass is 10.1. The van der Waals surface area contributed by atoms with Crippen molar-refractivity contribution in [3.8, 4) is 0 Å². The fourth-order valence-corrected chi connectivity index (χ4v) is 2.90. The predicted molar refractivity (Wildman–Crippen MR) is 113 cm³/mol. The smallest absolute Gasteiger partial charge is 0.193 e. The van der Waals surface area contributed by atoms with Crippen molar-refractivity contribution in [3.05, 3.63) is 24.4 Å². The van der Waals surface area contributed by atoms with E-state index < -0.39 is 0 Å². The molecule has 0 radical (unpaired) electrons. The van der Waals surface area contributed by atoms with Gasteiger partial charge in [-0.25, -0.2) is 4.98 Å². The van der Waals surface area contributed by atoms with Crippen molar-refractivity contribution in [2.75, 3.05) is 44.7 Å². The number of aromatic nitrogens is 1. The molecule has 0 aromatic carbocycles. The summed E-state index contributed by atoms with van der Waals surface area (Å²) in [5.74, 6) is 2.91. The fraction of sp³-hybridized carbons (Fsp3) is 0.667. The van der Waals surface area contributed by atoms with Crippen molar-refractivity contribution in [1.82, 2.24) is 15.2 Å². The molecule has 1 aromatic rings. The van der Waals surface area contributed by atoms with Gasteiger partial charge >= 0.3 is 0 Å². The molecule has 1 aliphatic heterocycles. The van der Waals surface area contributed by atoms with Gasteiger partial charge in [-0.3, -0.25) is 4.99 Å². The quantitative estimate of drug-likeness (QED) is 0.316. The molecule has 0 aliphatic carbocycles. The maximum Gasteiger partial charge on any atom is 0.193 e. The second-order valence-corrected chi connectivity index (χ2v) is 6.53. The van der Waals surface area contributed by atoms with E-state index in [1.807, 2.05) is 25.4 Å². The molecule has 1 fully saturated rings. The van der Waals surface area contributed by atoms with E-state index in [0.717, 1.165) is 50.4 Å². The highest BCUT2D eigenvalue weighted by Crippen LogP contribution is 2.12. The zero-order chi connectivity index (χ0) is 16.5. The van der Waals surface area contributed by atoms with Crippen molar-refractivity contribution >= 4 is 35.8 Å². The number of hydrogen-bond acceptors (Lipinski definition) is 3. The lowest BCUT2D eigenvalue weighted by Crippen LogP contribution is -2.52. The molecule has 136 valence electrons. The van der Waals surface area contributed by atoms with Crippen LogP contribution in [0.5, 0.6) is 0 Å². The van der Waals surface area contributed by atoms with Gasteiger partial charge in [0.05, 0.1) is 0 Å². The zero-order valence-electron chi connectivity index (χ0n) is 15.2. The maximum atomic E-state index is 4.44.